The average molecular weight is 838 g/mol. The third-order valence-electron chi connectivity index (χ3n) is 10.4. The summed E-state index contributed by atoms with van der Waals surface area (Å²) in [7, 11) is 0. The number of carboxylic acid groups (broad SMARTS) is 3. The summed E-state index contributed by atoms with van der Waals surface area (Å²) in [5.41, 5.74) is 11.1. The first-order chi connectivity index (χ1) is 27.6. The van der Waals surface area contributed by atoms with Crippen molar-refractivity contribution in [1.29, 1.82) is 0 Å². The molecule has 3 rings (SSSR count). The maximum atomic E-state index is 13.7. The normalized spacial score (nSPS) is 21.4. The molecule has 0 aromatic rings. The number of amides is 8. The van der Waals surface area contributed by atoms with Crippen molar-refractivity contribution in [2.75, 3.05) is 19.6 Å². The molecule has 3 heterocycles. The van der Waals surface area contributed by atoms with Crippen LogP contribution in [0.25, 0.3) is 0 Å². The van der Waals surface area contributed by atoms with Gasteiger partial charge in [0.2, 0.25) is 47.3 Å². The van der Waals surface area contributed by atoms with Gasteiger partial charge in [-0.15, -0.1) is 0 Å². The molecule has 0 radical (unpaired) electrons. The quantitative estimate of drug-likeness (QED) is 0.0568. The van der Waals surface area contributed by atoms with E-state index in [0.29, 0.717) is 32.2 Å². The molecule has 3 aliphatic heterocycles. The van der Waals surface area contributed by atoms with Crippen molar-refractivity contribution in [2.24, 2.45) is 17.4 Å². The highest BCUT2D eigenvalue weighted by atomic mass is 16.4. The summed E-state index contributed by atoms with van der Waals surface area (Å²) in [6.45, 7) is 5.03. The van der Waals surface area contributed by atoms with Crippen molar-refractivity contribution in [3.05, 3.63) is 0 Å². The van der Waals surface area contributed by atoms with Crippen LogP contribution in [0, 0.1) is 5.92 Å². The van der Waals surface area contributed by atoms with Crippen molar-refractivity contribution in [1.82, 2.24) is 36.0 Å². The first-order valence-electron chi connectivity index (χ1n) is 19.5. The zero-order valence-corrected chi connectivity index (χ0v) is 33.2. The number of carbonyl (C=O) groups is 11. The second-order valence-electron chi connectivity index (χ2n) is 15.3. The molecule has 23 nitrogen and oxygen atoms in total. The Morgan fingerprint density at radius 2 is 1.10 bits per heavy atom. The Balaban J connectivity index is 1.80. The number of nitrogens with two attached hydrogens (primary N) is 2. The first kappa shape index (κ1) is 47.5. The fourth-order valence-electron chi connectivity index (χ4n) is 7.44. The SMILES string of the molecule is CC(C)[C@H](NC(=O)[C@@H]1CCCN1C(=O)[C@H](CC(N)=O)NC(=O)[C@H](CC(=O)O)NC(=O)[C@H](CCC(=O)O)NC(=O)[C@@H]1CCCN1C(=O)[C@@H]1CCCN1C(=O)[C@H](C)N)C(=O)O. The second kappa shape index (κ2) is 21.2. The maximum absolute atomic E-state index is 13.7. The van der Waals surface area contributed by atoms with Gasteiger partial charge in [0.1, 0.15) is 42.3 Å². The van der Waals surface area contributed by atoms with E-state index < -0.39 is 145 Å². The summed E-state index contributed by atoms with van der Waals surface area (Å²) >= 11 is 0. The zero-order chi connectivity index (χ0) is 44.3. The van der Waals surface area contributed by atoms with Gasteiger partial charge in [-0.25, -0.2) is 4.79 Å². The first-order valence-corrected chi connectivity index (χ1v) is 19.5. The van der Waals surface area contributed by atoms with Gasteiger partial charge in [-0.05, 0) is 57.8 Å². The number of rotatable bonds is 20. The highest BCUT2D eigenvalue weighted by Gasteiger charge is 2.44. The summed E-state index contributed by atoms with van der Waals surface area (Å²) in [5.74, 6) is -11.9. The molecule has 59 heavy (non-hydrogen) atoms. The lowest BCUT2D eigenvalue weighted by atomic mass is 10.0. The lowest BCUT2D eigenvalue weighted by Crippen LogP contribution is -2.60. The Kier molecular flexibility index (Phi) is 17.1. The van der Waals surface area contributed by atoms with E-state index in [4.69, 9.17) is 11.5 Å². The van der Waals surface area contributed by atoms with E-state index in [-0.39, 0.29) is 25.9 Å². The van der Waals surface area contributed by atoms with Crippen molar-refractivity contribution in [3.63, 3.8) is 0 Å². The van der Waals surface area contributed by atoms with Crippen LogP contribution >= 0.6 is 0 Å². The number of carboxylic acids is 3. The summed E-state index contributed by atoms with van der Waals surface area (Å²) in [6.07, 6.45) is -1.28. The van der Waals surface area contributed by atoms with E-state index in [9.17, 15) is 68.1 Å². The van der Waals surface area contributed by atoms with E-state index in [1.165, 1.54) is 16.7 Å². The van der Waals surface area contributed by atoms with Crippen LogP contribution in [0.4, 0.5) is 0 Å². The molecule has 8 atom stereocenters. The Labute approximate surface area is 339 Å². The fraction of sp³-hybridized carbons (Fsp3) is 0.694. The Morgan fingerprint density at radius 3 is 1.61 bits per heavy atom. The Hall–Kier alpha value is -5.87. The molecule has 11 N–H and O–H groups in total. The zero-order valence-electron chi connectivity index (χ0n) is 33.2. The molecule has 3 fully saturated rings. The van der Waals surface area contributed by atoms with Crippen LogP contribution in [0.2, 0.25) is 0 Å². The smallest absolute Gasteiger partial charge is 0.326 e. The molecule has 0 aromatic heterocycles. The molecule has 0 unspecified atom stereocenters. The molecule has 23 heteroatoms. The van der Waals surface area contributed by atoms with E-state index in [0.717, 1.165) is 4.90 Å². The van der Waals surface area contributed by atoms with Gasteiger partial charge in [0, 0.05) is 26.1 Å². The van der Waals surface area contributed by atoms with Crippen LogP contribution in [-0.4, -0.2) is 163 Å². The number of primary amides is 1. The number of hydrogen-bond acceptors (Lipinski definition) is 12. The predicted octanol–water partition coefficient (Wildman–Crippen LogP) is -3.80. The van der Waals surface area contributed by atoms with Crippen LogP contribution in [0.15, 0.2) is 0 Å². The number of nitrogens with zero attached hydrogens (tertiary/aromatic N) is 3. The number of hydrogen-bond donors (Lipinski definition) is 9. The Morgan fingerprint density at radius 1 is 0.610 bits per heavy atom. The third kappa shape index (κ3) is 12.8. The molecule has 0 spiro atoms. The van der Waals surface area contributed by atoms with Crippen molar-refractivity contribution >= 4 is 65.2 Å². The van der Waals surface area contributed by atoms with Crippen LogP contribution in [0.1, 0.15) is 85.0 Å². The molecule has 0 aliphatic carbocycles. The van der Waals surface area contributed by atoms with Crippen LogP contribution in [-0.2, 0) is 52.7 Å². The minimum atomic E-state index is -1.96. The molecule has 8 amide bonds. The van der Waals surface area contributed by atoms with Crippen molar-refractivity contribution in [3.8, 4) is 0 Å². The summed E-state index contributed by atoms with van der Waals surface area (Å²) in [6, 6.07) is -10.7. The number of carbonyl (C=O) groups excluding carboxylic acids is 8. The van der Waals surface area contributed by atoms with Gasteiger partial charge in [0.05, 0.1) is 18.9 Å². The highest BCUT2D eigenvalue weighted by molar-refractivity contribution is 6.00. The number of aliphatic carboxylic acids is 3. The standard InChI is InChI=1S/C36H55N9O14/c1-17(2)28(36(58)59)42-32(54)23-8-4-12-43(23)34(56)21(15-25(38)46)41-30(52)20(16-27(49)50)40-29(51)19(10-11-26(47)48)39-31(53)22-7-5-13-44(22)35(57)24-9-6-14-45(24)33(55)18(3)37/h17-24,28H,4-16,37H2,1-3H3,(H2,38,46)(H,39,53)(H,40,51)(H,41,52)(H,42,54)(H,47,48)(H,49,50)(H,58,59)/t18-,19-,20-,21-,22-,23-,24-,28-/m0/s1. The maximum Gasteiger partial charge on any atom is 0.326 e. The summed E-state index contributed by atoms with van der Waals surface area (Å²) in [4.78, 5) is 145. The van der Waals surface area contributed by atoms with Crippen LogP contribution in [0.5, 0.6) is 0 Å². The number of likely N-dealkylation sites (tertiary alicyclic amines) is 3. The Bertz CT molecular complexity index is 1670. The fourth-order valence-corrected chi connectivity index (χ4v) is 7.44. The van der Waals surface area contributed by atoms with E-state index in [1.54, 1.807) is 13.8 Å². The number of nitrogens with one attached hydrogen (secondary N) is 4. The van der Waals surface area contributed by atoms with Gasteiger partial charge in [0.15, 0.2) is 0 Å². The highest BCUT2D eigenvalue weighted by Crippen LogP contribution is 2.26. The molecule has 3 saturated heterocycles. The second-order valence-corrected chi connectivity index (χ2v) is 15.3. The molecule has 0 bridgehead atoms. The van der Waals surface area contributed by atoms with Gasteiger partial charge < -0.3 is 62.8 Å². The monoisotopic (exact) mass is 837 g/mol. The van der Waals surface area contributed by atoms with Gasteiger partial charge in [-0.2, -0.15) is 0 Å². The van der Waals surface area contributed by atoms with E-state index in [1.807, 2.05) is 0 Å². The van der Waals surface area contributed by atoms with Gasteiger partial charge >= 0.3 is 17.9 Å². The van der Waals surface area contributed by atoms with Crippen molar-refractivity contribution < 1.29 is 68.1 Å². The molecule has 0 aromatic carbocycles. The topological polar surface area (TPSA) is 358 Å². The largest absolute Gasteiger partial charge is 0.481 e. The lowest BCUT2D eigenvalue weighted by molar-refractivity contribution is -0.147. The lowest BCUT2D eigenvalue weighted by Gasteiger charge is -2.32. The molecule has 0 saturated carbocycles. The third-order valence-corrected chi connectivity index (χ3v) is 10.4. The minimum Gasteiger partial charge on any atom is -0.481 e. The predicted molar refractivity (Wildman–Crippen MR) is 201 cm³/mol. The minimum absolute atomic E-state index is 0.0321. The van der Waals surface area contributed by atoms with Gasteiger partial charge in [-0.3, -0.25) is 47.9 Å². The van der Waals surface area contributed by atoms with E-state index in [2.05, 4.69) is 21.3 Å². The molecular weight excluding hydrogens is 782 g/mol. The van der Waals surface area contributed by atoms with Crippen LogP contribution < -0.4 is 32.7 Å². The van der Waals surface area contributed by atoms with E-state index >= 15 is 0 Å². The summed E-state index contributed by atoms with van der Waals surface area (Å²) < 4.78 is 0. The van der Waals surface area contributed by atoms with Crippen molar-refractivity contribution in [2.45, 2.75) is 133 Å². The average Bonchev–Trinajstić information content (AvgIpc) is 3.94. The van der Waals surface area contributed by atoms with Gasteiger partial charge in [-0.1, -0.05) is 13.8 Å². The van der Waals surface area contributed by atoms with Gasteiger partial charge in [0.25, 0.3) is 0 Å². The van der Waals surface area contributed by atoms with Crippen LogP contribution in [0.3, 0.4) is 0 Å². The molecule has 3 aliphatic rings. The molecular formula is C36H55N9O14. The summed E-state index contributed by atoms with van der Waals surface area (Å²) in [5, 5.41) is 37.7. The molecule has 328 valence electrons.